The van der Waals surface area contributed by atoms with E-state index in [2.05, 4.69) is 31.2 Å². The van der Waals surface area contributed by atoms with E-state index in [9.17, 15) is 4.79 Å². The van der Waals surface area contributed by atoms with Gasteiger partial charge in [0.2, 0.25) is 5.91 Å². The van der Waals surface area contributed by atoms with Gasteiger partial charge in [-0.05, 0) is 39.2 Å². The molecule has 0 aliphatic carbocycles. The van der Waals surface area contributed by atoms with E-state index in [0.717, 1.165) is 37.4 Å². The molecule has 5 nitrogen and oxygen atoms in total. The first-order valence-electron chi connectivity index (χ1n) is 9.36. The summed E-state index contributed by atoms with van der Waals surface area (Å²) in [7, 11) is 0. The number of nitrogens with one attached hydrogen (secondary N) is 1. The van der Waals surface area contributed by atoms with Crippen molar-refractivity contribution >= 4 is 38.3 Å². The Balaban J connectivity index is 1.48. The lowest BCUT2D eigenvalue weighted by Gasteiger charge is -2.17. The molecule has 0 spiro atoms. The predicted molar refractivity (Wildman–Crippen MR) is 121 cm³/mol. The number of para-hydroxylation sites is 1. The SMILES string of the molecule is O=C(Nc1ncc(-c2cncc(Br)c2)s1)C1c2ccccc2COc2ccccc21. The van der Waals surface area contributed by atoms with Crippen LogP contribution in [0.25, 0.3) is 10.4 Å². The number of benzene rings is 2. The molecule has 0 fully saturated rings. The van der Waals surface area contributed by atoms with Crippen molar-refractivity contribution in [1.29, 1.82) is 0 Å². The molecule has 1 atom stereocenters. The first kappa shape index (κ1) is 19.0. The summed E-state index contributed by atoms with van der Waals surface area (Å²) in [6.07, 6.45) is 5.26. The van der Waals surface area contributed by atoms with Crippen LogP contribution in [-0.4, -0.2) is 15.9 Å². The summed E-state index contributed by atoms with van der Waals surface area (Å²) in [5.41, 5.74) is 3.76. The Hall–Kier alpha value is -3.03. The minimum absolute atomic E-state index is 0.131. The van der Waals surface area contributed by atoms with Crippen molar-refractivity contribution in [1.82, 2.24) is 9.97 Å². The van der Waals surface area contributed by atoms with Crippen LogP contribution >= 0.6 is 27.3 Å². The zero-order valence-electron chi connectivity index (χ0n) is 15.7. The third-order valence-corrected chi connectivity index (χ3v) is 6.36. The van der Waals surface area contributed by atoms with Crippen molar-refractivity contribution < 1.29 is 9.53 Å². The van der Waals surface area contributed by atoms with Gasteiger partial charge in [-0.3, -0.25) is 9.78 Å². The van der Waals surface area contributed by atoms with E-state index >= 15 is 0 Å². The first-order valence-corrected chi connectivity index (χ1v) is 11.0. The van der Waals surface area contributed by atoms with Crippen LogP contribution < -0.4 is 10.1 Å². The van der Waals surface area contributed by atoms with Crippen molar-refractivity contribution in [3.05, 3.63) is 94.4 Å². The Labute approximate surface area is 185 Å². The summed E-state index contributed by atoms with van der Waals surface area (Å²) < 4.78 is 6.87. The summed E-state index contributed by atoms with van der Waals surface area (Å²) in [6, 6.07) is 17.6. The number of nitrogens with zero attached hydrogens (tertiary/aromatic N) is 2. The summed E-state index contributed by atoms with van der Waals surface area (Å²) in [5, 5.41) is 3.56. The zero-order chi connectivity index (χ0) is 20.5. The molecule has 0 radical (unpaired) electrons. The Bertz CT molecular complexity index is 1190. The third-order valence-electron chi connectivity index (χ3n) is 4.97. The monoisotopic (exact) mass is 477 g/mol. The van der Waals surface area contributed by atoms with Gasteiger partial charge >= 0.3 is 0 Å². The molecule has 7 heteroatoms. The average molecular weight is 478 g/mol. The highest BCUT2D eigenvalue weighted by atomic mass is 79.9. The number of fused-ring (bicyclic) bond motifs is 2. The molecule has 1 aliphatic rings. The van der Waals surface area contributed by atoms with Gasteiger partial charge in [-0.15, -0.1) is 0 Å². The van der Waals surface area contributed by atoms with Gasteiger partial charge in [-0.1, -0.05) is 53.8 Å². The van der Waals surface area contributed by atoms with Crippen molar-refractivity contribution in [2.75, 3.05) is 5.32 Å². The van der Waals surface area contributed by atoms with E-state index in [1.807, 2.05) is 54.6 Å². The molecule has 1 unspecified atom stereocenters. The number of carbonyl (C=O) groups excluding carboxylic acids is 1. The van der Waals surface area contributed by atoms with Gasteiger partial charge in [0, 0.05) is 34.2 Å². The molecule has 4 aromatic rings. The summed E-state index contributed by atoms with van der Waals surface area (Å²) in [4.78, 5) is 23.0. The molecule has 1 N–H and O–H groups in total. The van der Waals surface area contributed by atoms with E-state index in [4.69, 9.17) is 4.74 Å². The van der Waals surface area contributed by atoms with Gasteiger partial charge in [0.05, 0.1) is 10.8 Å². The second-order valence-electron chi connectivity index (χ2n) is 6.87. The maximum Gasteiger partial charge on any atom is 0.238 e. The fraction of sp³-hybridized carbons (Fsp3) is 0.0870. The second-order valence-corrected chi connectivity index (χ2v) is 8.82. The van der Waals surface area contributed by atoms with Gasteiger partial charge < -0.3 is 10.1 Å². The number of rotatable bonds is 3. The molecule has 5 rings (SSSR count). The Morgan fingerprint density at radius 2 is 1.87 bits per heavy atom. The highest BCUT2D eigenvalue weighted by Crippen LogP contribution is 2.38. The number of carbonyl (C=O) groups is 1. The number of ether oxygens (including phenoxy) is 1. The number of hydrogen-bond acceptors (Lipinski definition) is 5. The highest BCUT2D eigenvalue weighted by Gasteiger charge is 2.30. The summed E-state index contributed by atoms with van der Waals surface area (Å²) in [6.45, 7) is 0.439. The molecule has 3 heterocycles. The molecular formula is C23H16BrN3O2S. The van der Waals surface area contributed by atoms with E-state index in [1.54, 1.807) is 18.6 Å². The van der Waals surface area contributed by atoms with Gasteiger partial charge in [0.1, 0.15) is 12.4 Å². The summed E-state index contributed by atoms with van der Waals surface area (Å²) >= 11 is 4.86. The highest BCUT2D eigenvalue weighted by molar-refractivity contribution is 9.10. The number of halogens is 1. The maximum absolute atomic E-state index is 13.4. The van der Waals surface area contributed by atoms with Crippen molar-refractivity contribution in [3.63, 3.8) is 0 Å². The van der Waals surface area contributed by atoms with Crippen LogP contribution in [-0.2, 0) is 11.4 Å². The molecule has 0 saturated heterocycles. The van der Waals surface area contributed by atoms with Crippen LogP contribution in [0, 0.1) is 0 Å². The molecule has 1 amide bonds. The van der Waals surface area contributed by atoms with Gasteiger partial charge in [0.15, 0.2) is 5.13 Å². The lowest BCUT2D eigenvalue weighted by atomic mass is 9.88. The Kier molecular flexibility index (Phi) is 5.06. The lowest BCUT2D eigenvalue weighted by Crippen LogP contribution is -2.22. The molecule has 30 heavy (non-hydrogen) atoms. The summed E-state index contributed by atoms with van der Waals surface area (Å²) in [5.74, 6) is 0.127. The zero-order valence-corrected chi connectivity index (χ0v) is 18.1. The number of aromatic nitrogens is 2. The number of amides is 1. The van der Waals surface area contributed by atoms with Crippen LogP contribution in [0.2, 0.25) is 0 Å². The molecule has 0 bridgehead atoms. The average Bonchev–Trinajstić information content (AvgIpc) is 3.15. The maximum atomic E-state index is 13.4. The molecule has 2 aromatic carbocycles. The van der Waals surface area contributed by atoms with Gasteiger partial charge in [-0.25, -0.2) is 4.98 Å². The van der Waals surface area contributed by atoms with Crippen LogP contribution in [0.15, 0.2) is 77.7 Å². The minimum Gasteiger partial charge on any atom is -0.489 e. The molecule has 1 aliphatic heterocycles. The topological polar surface area (TPSA) is 64.1 Å². The smallest absolute Gasteiger partial charge is 0.238 e. The first-order chi connectivity index (χ1) is 14.7. The number of hydrogen-bond donors (Lipinski definition) is 1. The number of pyridine rings is 1. The van der Waals surface area contributed by atoms with Crippen LogP contribution in [0.3, 0.4) is 0 Å². The molecule has 148 valence electrons. The molecule has 0 saturated carbocycles. The fourth-order valence-corrected chi connectivity index (χ4v) is 4.76. The lowest BCUT2D eigenvalue weighted by molar-refractivity contribution is -0.116. The quantitative estimate of drug-likeness (QED) is 0.415. The van der Waals surface area contributed by atoms with E-state index in [1.165, 1.54) is 11.3 Å². The second kappa shape index (κ2) is 8.01. The standard InChI is InChI=1S/C23H16BrN3O2S/c24-16-9-15(10-25-11-16)20-12-26-23(30-20)27-22(28)21-17-6-2-1-5-14(17)13-29-19-8-4-3-7-18(19)21/h1-12,21H,13H2,(H,26,27,28). The van der Waals surface area contributed by atoms with Crippen molar-refractivity contribution in [2.45, 2.75) is 12.5 Å². The van der Waals surface area contributed by atoms with Crippen LogP contribution in [0.1, 0.15) is 22.6 Å². The Morgan fingerprint density at radius 3 is 2.73 bits per heavy atom. The van der Waals surface area contributed by atoms with Gasteiger partial charge in [0.25, 0.3) is 0 Å². The van der Waals surface area contributed by atoms with Crippen LogP contribution in [0.4, 0.5) is 5.13 Å². The molecule has 2 aromatic heterocycles. The fourth-order valence-electron chi connectivity index (χ4n) is 3.59. The largest absolute Gasteiger partial charge is 0.489 e. The third kappa shape index (κ3) is 3.62. The Morgan fingerprint density at radius 1 is 1.07 bits per heavy atom. The minimum atomic E-state index is -0.472. The van der Waals surface area contributed by atoms with Crippen molar-refractivity contribution in [2.24, 2.45) is 0 Å². The van der Waals surface area contributed by atoms with E-state index in [-0.39, 0.29) is 5.91 Å². The van der Waals surface area contributed by atoms with Gasteiger partial charge in [-0.2, -0.15) is 0 Å². The number of thiazole rings is 1. The van der Waals surface area contributed by atoms with E-state index < -0.39 is 5.92 Å². The van der Waals surface area contributed by atoms with Crippen LogP contribution in [0.5, 0.6) is 5.75 Å². The van der Waals surface area contributed by atoms with Crippen molar-refractivity contribution in [3.8, 4) is 16.2 Å². The molecular weight excluding hydrogens is 462 g/mol. The van der Waals surface area contributed by atoms with E-state index in [0.29, 0.717) is 11.7 Å². The normalized spacial score (nSPS) is 14.8. The number of anilines is 1. The predicted octanol–water partition coefficient (Wildman–Crippen LogP) is 5.63.